The van der Waals surface area contributed by atoms with Crippen LogP contribution in [0.4, 0.5) is 8.78 Å². The van der Waals surface area contributed by atoms with Crippen molar-refractivity contribution in [3.8, 4) is 0 Å². The van der Waals surface area contributed by atoms with Crippen LogP contribution in [-0.2, 0) is 9.59 Å². The molecule has 7 heteroatoms. The largest absolute Gasteiger partial charge is 0.481 e. The average Bonchev–Trinajstić information content (AvgIpc) is 2.95. The Labute approximate surface area is 166 Å². The third-order valence-corrected chi connectivity index (χ3v) is 6.15. The molecule has 0 aliphatic heterocycles. The fourth-order valence-electron chi connectivity index (χ4n) is 4.03. The second-order valence-corrected chi connectivity index (χ2v) is 8.50. The van der Waals surface area contributed by atoms with Gasteiger partial charge in [-0.05, 0) is 37.5 Å². The van der Waals surface area contributed by atoms with E-state index >= 15 is 0 Å². The topological polar surface area (TPSA) is 94.8 Å². The lowest BCUT2D eigenvalue weighted by atomic mass is 9.84. The number of hydrogen-bond acceptors (Lipinski definition) is 4. The van der Waals surface area contributed by atoms with E-state index in [2.05, 4.69) is 0 Å². The molecule has 0 aromatic heterocycles. The number of rotatable bonds is 14. The molecule has 164 valence electrons. The van der Waals surface area contributed by atoms with Crippen LogP contribution in [0.5, 0.6) is 0 Å². The van der Waals surface area contributed by atoms with Crippen LogP contribution in [0, 0.1) is 17.8 Å². The van der Waals surface area contributed by atoms with Gasteiger partial charge in [-0.15, -0.1) is 0 Å². The molecule has 0 radical (unpaired) electrons. The Hall–Kier alpha value is -1.08. The molecule has 1 saturated carbocycles. The molecule has 0 amide bonds. The molecule has 0 aromatic rings. The predicted molar refractivity (Wildman–Crippen MR) is 102 cm³/mol. The van der Waals surface area contributed by atoms with Gasteiger partial charge in [0.1, 0.15) is 5.78 Å². The van der Waals surface area contributed by atoms with Crippen molar-refractivity contribution in [3.63, 3.8) is 0 Å². The van der Waals surface area contributed by atoms with Crippen molar-refractivity contribution >= 4 is 11.8 Å². The molecule has 1 unspecified atom stereocenters. The highest BCUT2D eigenvalue weighted by molar-refractivity contribution is 5.83. The molecule has 0 spiro atoms. The normalized spacial score (nSPS) is 21.9. The summed E-state index contributed by atoms with van der Waals surface area (Å²) < 4.78 is 28.5. The molecule has 3 N–H and O–H groups in total. The van der Waals surface area contributed by atoms with Crippen LogP contribution in [0.3, 0.4) is 0 Å². The summed E-state index contributed by atoms with van der Waals surface area (Å²) >= 11 is 0. The van der Waals surface area contributed by atoms with E-state index in [-0.39, 0.29) is 36.4 Å². The zero-order valence-corrected chi connectivity index (χ0v) is 17.1. The maximum absolute atomic E-state index is 14.3. The summed E-state index contributed by atoms with van der Waals surface area (Å²) in [5.41, 5.74) is 0. The fraction of sp³-hybridized carbons (Fsp3) is 0.905. The van der Waals surface area contributed by atoms with Crippen molar-refractivity contribution in [2.75, 3.05) is 0 Å². The van der Waals surface area contributed by atoms with Crippen molar-refractivity contribution < 1.29 is 33.7 Å². The summed E-state index contributed by atoms with van der Waals surface area (Å²) in [5.74, 6) is -7.93. The molecule has 1 aliphatic carbocycles. The number of alkyl halides is 2. The molecule has 0 heterocycles. The number of carbonyl (C=O) groups excluding carboxylic acids is 1. The summed E-state index contributed by atoms with van der Waals surface area (Å²) in [6.07, 6.45) is 4.57. The van der Waals surface area contributed by atoms with Crippen LogP contribution >= 0.6 is 0 Å². The van der Waals surface area contributed by atoms with Crippen molar-refractivity contribution in [1.82, 2.24) is 0 Å². The van der Waals surface area contributed by atoms with Crippen molar-refractivity contribution in [2.45, 2.75) is 103 Å². The van der Waals surface area contributed by atoms with E-state index in [4.69, 9.17) is 5.11 Å². The molecule has 28 heavy (non-hydrogen) atoms. The van der Waals surface area contributed by atoms with Gasteiger partial charge in [-0.25, -0.2) is 8.78 Å². The second-order valence-electron chi connectivity index (χ2n) is 8.50. The Bertz CT molecular complexity index is 507. The third kappa shape index (κ3) is 7.74. The molecule has 1 aliphatic rings. The Morgan fingerprint density at radius 1 is 1.18 bits per heavy atom. The van der Waals surface area contributed by atoms with Gasteiger partial charge in [0.15, 0.2) is 0 Å². The highest BCUT2D eigenvalue weighted by Crippen LogP contribution is 2.41. The van der Waals surface area contributed by atoms with E-state index in [0.29, 0.717) is 32.1 Å². The smallest absolute Gasteiger partial charge is 0.303 e. The Morgan fingerprint density at radius 3 is 2.43 bits per heavy atom. The minimum Gasteiger partial charge on any atom is -0.481 e. The number of unbranched alkanes of at least 4 members (excludes halogenated alkanes) is 3. The van der Waals surface area contributed by atoms with Gasteiger partial charge < -0.3 is 15.3 Å². The van der Waals surface area contributed by atoms with E-state index in [9.17, 15) is 28.6 Å². The highest BCUT2D eigenvalue weighted by atomic mass is 19.3. The maximum atomic E-state index is 14.3. The van der Waals surface area contributed by atoms with Crippen LogP contribution in [0.1, 0.15) is 90.9 Å². The Morgan fingerprint density at radius 2 is 1.82 bits per heavy atom. The SMILES string of the molecule is CC[C@H](C)CC(F)(F)C(O)(O)CC[C@H]1CCC(=O)C1CCCCCCC(=O)O. The van der Waals surface area contributed by atoms with Gasteiger partial charge in [0.2, 0.25) is 5.79 Å². The van der Waals surface area contributed by atoms with Crippen LogP contribution in [0.15, 0.2) is 0 Å². The third-order valence-electron chi connectivity index (χ3n) is 6.15. The van der Waals surface area contributed by atoms with Crippen LogP contribution in [-0.4, -0.2) is 38.8 Å². The maximum Gasteiger partial charge on any atom is 0.303 e. The van der Waals surface area contributed by atoms with Crippen molar-refractivity contribution in [2.24, 2.45) is 17.8 Å². The lowest BCUT2D eigenvalue weighted by Gasteiger charge is -2.33. The number of Topliss-reactive ketones (excluding diaryl/α,β-unsaturated/α-hetero) is 1. The zero-order chi connectivity index (χ0) is 21.4. The summed E-state index contributed by atoms with van der Waals surface area (Å²) in [4.78, 5) is 22.6. The first kappa shape index (κ1) is 25.0. The Kier molecular flexibility index (Phi) is 9.98. The number of carbonyl (C=O) groups is 2. The number of hydrogen-bond donors (Lipinski definition) is 3. The number of aliphatic carboxylic acids is 1. The van der Waals surface area contributed by atoms with Crippen LogP contribution in [0.25, 0.3) is 0 Å². The quantitative estimate of drug-likeness (QED) is 0.291. The minimum atomic E-state index is -3.58. The van der Waals surface area contributed by atoms with Gasteiger partial charge in [0.05, 0.1) is 0 Å². The highest BCUT2D eigenvalue weighted by Gasteiger charge is 2.52. The molecule has 0 bridgehead atoms. The van der Waals surface area contributed by atoms with E-state index < -0.39 is 30.5 Å². The molecule has 1 fully saturated rings. The molecule has 1 rings (SSSR count). The molecular formula is C21H36F2O5. The summed E-state index contributed by atoms with van der Waals surface area (Å²) in [6.45, 7) is 3.44. The van der Waals surface area contributed by atoms with Gasteiger partial charge in [0, 0.05) is 31.6 Å². The number of carboxylic acid groups (broad SMARTS) is 1. The molecule has 0 aromatic carbocycles. The lowest BCUT2D eigenvalue weighted by Crippen LogP contribution is -2.49. The molecule has 3 atom stereocenters. The first-order valence-electron chi connectivity index (χ1n) is 10.6. The Balaban J connectivity index is 2.48. The zero-order valence-electron chi connectivity index (χ0n) is 17.1. The van der Waals surface area contributed by atoms with E-state index in [1.54, 1.807) is 13.8 Å². The molecule has 0 saturated heterocycles. The standard InChI is InChI=1S/C21H36F2O5/c1-3-15(2)14-20(22,23)21(27,28)13-12-16-10-11-18(24)17(16)8-6-4-5-7-9-19(25)26/h15-17,27-28H,3-14H2,1-2H3,(H,25,26)/t15-,16+,17?/m0/s1. The van der Waals surface area contributed by atoms with Gasteiger partial charge in [-0.3, -0.25) is 9.59 Å². The van der Waals surface area contributed by atoms with Gasteiger partial charge in [0.25, 0.3) is 0 Å². The number of ketones is 1. The number of halogens is 2. The first-order chi connectivity index (χ1) is 13.0. The first-order valence-corrected chi connectivity index (χ1v) is 10.6. The minimum absolute atomic E-state index is 0.0930. The molecule has 5 nitrogen and oxygen atoms in total. The fourth-order valence-corrected chi connectivity index (χ4v) is 4.03. The van der Waals surface area contributed by atoms with E-state index in [1.165, 1.54) is 0 Å². The number of carboxylic acids is 1. The van der Waals surface area contributed by atoms with Crippen molar-refractivity contribution in [1.29, 1.82) is 0 Å². The monoisotopic (exact) mass is 406 g/mol. The number of aliphatic hydroxyl groups is 2. The average molecular weight is 407 g/mol. The summed E-state index contributed by atoms with van der Waals surface area (Å²) in [5, 5.41) is 28.6. The van der Waals surface area contributed by atoms with Crippen molar-refractivity contribution in [3.05, 3.63) is 0 Å². The van der Waals surface area contributed by atoms with Gasteiger partial charge >= 0.3 is 11.9 Å². The van der Waals surface area contributed by atoms with E-state index in [1.807, 2.05) is 0 Å². The van der Waals surface area contributed by atoms with Crippen LogP contribution in [0.2, 0.25) is 0 Å². The van der Waals surface area contributed by atoms with Crippen LogP contribution < -0.4 is 0 Å². The van der Waals surface area contributed by atoms with Gasteiger partial charge in [-0.1, -0.05) is 39.5 Å². The second kappa shape index (κ2) is 11.2. The predicted octanol–water partition coefficient (Wildman–Crippen LogP) is 4.54. The summed E-state index contributed by atoms with van der Waals surface area (Å²) in [7, 11) is 0. The molecular weight excluding hydrogens is 370 g/mol. The lowest BCUT2D eigenvalue weighted by molar-refractivity contribution is -0.304. The van der Waals surface area contributed by atoms with E-state index in [0.717, 1.165) is 19.3 Å². The summed E-state index contributed by atoms with van der Waals surface area (Å²) in [6, 6.07) is 0. The van der Waals surface area contributed by atoms with Gasteiger partial charge in [-0.2, -0.15) is 0 Å².